The third-order valence-corrected chi connectivity index (χ3v) is 3.79. The van der Waals surface area contributed by atoms with Crippen LogP contribution >= 0.6 is 0 Å². The molecule has 9 heteroatoms. The molecule has 9 nitrogen and oxygen atoms in total. The highest BCUT2D eigenvalue weighted by molar-refractivity contribution is 5.71. The summed E-state index contributed by atoms with van der Waals surface area (Å²) in [5.74, 6) is -1.51. The van der Waals surface area contributed by atoms with E-state index in [-0.39, 0.29) is 23.2 Å². The molecule has 0 amide bonds. The Kier molecular flexibility index (Phi) is 4.51. The zero-order valence-electron chi connectivity index (χ0n) is 11.4. The second-order valence-electron chi connectivity index (χ2n) is 5.08. The molecule has 0 unspecified atom stereocenters. The number of rotatable bonds is 5. The molecule has 4 N–H and O–H groups in total. The number of nitro groups is 1. The van der Waals surface area contributed by atoms with Crippen LogP contribution in [0.15, 0.2) is 6.33 Å². The van der Waals surface area contributed by atoms with E-state index in [0.717, 1.165) is 25.6 Å². The summed E-state index contributed by atoms with van der Waals surface area (Å²) >= 11 is 0. The third-order valence-electron chi connectivity index (χ3n) is 3.79. The van der Waals surface area contributed by atoms with Gasteiger partial charge in [-0.3, -0.25) is 14.9 Å². The van der Waals surface area contributed by atoms with Crippen molar-refractivity contribution < 1.29 is 14.8 Å². The number of aromatic nitrogens is 2. The van der Waals surface area contributed by atoms with Gasteiger partial charge in [0.15, 0.2) is 0 Å². The number of nitrogens with one attached hydrogen (secondary N) is 1. The van der Waals surface area contributed by atoms with Gasteiger partial charge in [0.05, 0.1) is 10.8 Å². The lowest BCUT2D eigenvalue weighted by Gasteiger charge is -2.28. The summed E-state index contributed by atoms with van der Waals surface area (Å²) in [5.41, 5.74) is 5.10. The van der Waals surface area contributed by atoms with E-state index in [4.69, 9.17) is 5.73 Å². The van der Waals surface area contributed by atoms with Crippen molar-refractivity contribution in [1.29, 1.82) is 0 Å². The number of nitrogens with zero attached hydrogens (tertiary/aromatic N) is 3. The number of aliphatic carboxylic acids is 1. The molecule has 2 atom stereocenters. The van der Waals surface area contributed by atoms with Crippen molar-refractivity contribution >= 4 is 23.3 Å². The Morgan fingerprint density at radius 2 is 2.19 bits per heavy atom. The van der Waals surface area contributed by atoms with Gasteiger partial charge in [-0.25, -0.2) is 9.97 Å². The summed E-state index contributed by atoms with van der Waals surface area (Å²) in [4.78, 5) is 29.0. The van der Waals surface area contributed by atoms with Crippen LogP contribution in [0.5, 0.6) is 0 Å². The molecule has 21 heavy (non-hydrogen) atoms. The molecule has 1 fully saturated rings. The van der Waals surface area contributed by atoms with E-state index in [1.54, 1.807) is 0 Å². The summed E-state index contributed by atoms with van der Waals surface area (Å²) in [6, 6.07) is 0. The molecule has 1 aromatic heterocycles. The van der Waals surface area contributed by atoms with Gasteiger partial charge >= 0.3 is 11.7 Å². The Labute approximate surface area is 120 Å². The van der Waals surface area contributed by atoms with E-state index < -0.39 is 16.8 Å². The van der Waals surface area contributed by atoms with E-state index in [9.17, 15) is 20.0 Å². The minimum atomic E-state index is -0.821. The second-order valence-corrected chi connectivity index (χ2v) is 5.08. The Hall–Kier alpha value is -2.45. The highest BCUT2D eigenvalue weighted by atomic mass is 16.6. The standard InChI is InChI=1S/C12H17N5O4/c13-10-9(17(20)21)11(16-6-15-10)14-5-7-3-1-2-4-8(7)12(18)19/h6-8H,1-5H2,(H,18,19)(H3,13,14,15,16)/t7-,8-/m0/s1. The van der Waals surface area contributed by atoms with Crippen LogP contribution < -0.4 is 11.1 Å². The van der Waals surface area contributed by atoms with E-state index >= 15 is 0 Å². The smallest absolute Gasteiger partial charge is 0.352 e. The number of nitrogen functional groups attached to an aromatic ring is 1. The number of carbonyl (C=O) groups is 1. The van der Waals surface area contributed by atoms with Gasteiger partial charge in [0.2, 0.25) is 11.6 Å². The van der Waals surface area contributed by atoms with Crippen LogP contribution in [0.4, 0.5) is 17.3 Å². The molecule has 0 aliphatic heterocycles. The zero-order valence-corrected chi connectivity index (χ0v) is 11.4. The number of carboxylic acids is 1. The van der Waals surface area contributed by atoms with Crippen molar-refractivity contribution in [2.75, 3.05) is 17.6 Å². The summed E-state index contributed by atoms with van der Waals surface area (Å²) in [7, 11) is 0. The maximum absolute atomic E-state index is 11.2. The maximum Gasteiger partial charge on any atom is 0.352 e. The highest BCUT2D eigenvalue weighted by Crippen LogP contribution is 2.32. The molecule has 0 radical (unpaired) electrons. The van der Waals surface area contributed by atoms with Crippen molar-refractivity contribution in [3.8, 4) is 0 Å². The average molecular weight is 295 g/mol. The predicted octanol–water partition coefficient (Wildman–Crippen LogP) is 1.27. The molecule has 1 saturated carbocycles. The van der Waals surface area contributed by atoms with Gasteiger partial charge in [-0.15, -0.1) is 0 Å². The van der Waals surface area contributed by atoms with Crippen LogP contribution in [-0.4, -0.2) is 32.5 Å². The Bertz CT molecular complexity index is 550. The van der Waals surface area contributed by atoms with Crippen LogP contribution in [0.3, 0.4) is 0 Å². The molecule has 0 saturated heterocycles. The molecular formula is C12H17N5O4. The van der Waals surface area contributed by atoms with E-state index in [1.165, 1.54) is 0 Å². The summed E-state index contributed by atoms with van der Waals surface area (Å²) in [6.07, 6.45) is 4.41. The predicted molar refractivity (Wildman–Crippen MR) is 74.7 cm³/mol. The van der Waals surface area contributed by atoms with Crippen LogP contribution in [0.25, 0.3) is 0 Å². The molecule has 1 aromatic rings. The molecule has 1 aliphatic carbocycles. The Morgan fingerprint density at radius 1 is 1.48 bits per heavy atom. The first-order valence-electron chi connectivity index (χ1n) is 6.72. The number of carboxylic acid groups (broad SMARTS) is 1. The first-order valence-corrected chi connectivity index (χ1v) is 6.72. The summed E-state index contributed by atoms with van der Waals surface area (Å²) in [6.45, 7) is 0.314. The molecule has 1 aliphatic rings. The number of nitrogens with two attached hydrogens (primary N) is 1. The Morgan fingerprint density at radius 3 is 2.86 bits per heavy atom. The number of hydrogen-bond acceptors (Lipinski definition) is 7. The van der Waals surface area contributed by atoms with Crippen molar-refractivity contribution in [3.05, 3.63) is 16.4 Å². The van der Waals surface area contributed by atoms with Crippen LogP contribution in [-0.2, 0) is 4.79 Å². The van der Waals surface area contributed by atoms with E-state index in [1.807, 2.05) is 0 Å². The molecule has 0 aromatic carbocycles. The molecular weight excluding hydrogens is 278 g/mol. The minimum Gasteiger partial charge on any atom is -0.481 e. The van der Waals surface area contributed by atoms with Crippen LogP contribution in [0.2, 0.25) is 0 Å². The number of anilines is 2. The van der Waals surface area contributed by atoms with E-state index in [0.29, 0.717) is 13.0 Å². The second kappa shape index (κ2) is 6.33. The summed E-state index contributed by atoms with van der Waals surface area (Å²) < 4.78 is 0. The molecule has 0 spiro atoms. The van der Waals surface area contributed by atoms with Crippen molar-refractivity contribution in [2.45, 2.75) is 25.7 Å². The lowest BCUT2D eigenvalue weighted by molar-refractivity contribution is -0.383. The third kappa shape index (κ3) is 3.36. The SMILES string of the molecule is Nc1ncnc(NC[C@@H]2CCCC[C@@H]2C(=O)O)c1[N+](=O)[O-]. The lowest BCUT2D eigenvalue weighted by Crippen LogP contribution is -2.32. The summed E-state index contributed by atoms with van der Waals surface area (Å²) in [5, 5.41) is 23.0. The van der Waals surface area contributed by atoms with Crippen molar-refractivity contribution in [2.24, 2.45) is 11.8 Å². The molecule has 0 bridgehead atoms. The first-order chi connectivity index (χ1) is 10.0. The molecule has 1 heterocycles. The molecule has 114 valence electrons. The topological polar surface area (TPSA) is 144 Å². The van der Waals surface area contributed by atoms with Gasteiger partial charge in [-0.05, 0) is 18.8 Å². The van der Waals surface area contributed by atoms with Gasteiger partial charge in [-0.2, -0.15) is 0 Å². The fourth-order valence-electron chi connectivity index (χ4n) is 2.71. The average Bonchev–Trinajstić information content (AvgIpc) is 2.44. The maximum atomic E-state index is 11.2. The zero-order chi connectivity index (χ0) is 15.4. The first kappa shape index (κ1) is 14.9. The van der Waals surface area contributed by atoms with Crippen molar-refractivity contribution in [3.63, 3.8) is 0 Å². The van der Waals surface area contributed by atoms with Gasteiger partial charge in [0.1, 0.15) is 6.33 Å². The molecule has 2 rings (SSSR count). The quantitative estimate of drug-likeness (QED) is 0.544. The van der Waals surface area contributed by atoms with Crippen molar-refractivity contribution in [1.82, 2.24) is 9.97 Å². The van der Waals surface area contributed by atoms with Gasteiger partial charge in [0.25, 0.3) is 0 Å². The highest BCUT2D eigenvalue weighted by Gasteiger charge is 2.31. The fraction of sp³-hybridized carbons (Fsp3) is 0.583. The minimum absolute atomic E-state index is 0.0298. The van der Waals surface area contributed by atoms with E-state index in [2.05, 4.69) is 15.3 Å². The monoisotopic (exact) mass is 295 g/mol. The van der Waals surface area contributed by atoms with Gasteiger partial charge in [0, 0.05) is 6.54 Å². The van der Waals surface area contributed by atoms with Gasteiger partial charge in [-0.1, -0.05) is 12.8 Å². The van der Waals surface area contributed by atoms with Crippen LogP contribution in [0.1, 0.15) is 25.7 Å². The number of hydrogen-bond donors (Lipinski definition) is 3. The van der Waals surface area contributed by atoms with Crippen LogP contribution in [0, 0.1) is 22.0 Å². The fourth-order valence-corrected chi connectivity index (χ4v) is 2.71. The largest absolute Gasteiger partial charge is 0.481 e. The lowest BCUT2D eigenvalue weighted by atomic mass is 9.79. The van der Waals surface area contributed by atoms with Gasteiger partial charge < -0.3 is 16.2 Å². The normalized spacial score (nSPS) is 21.7. The Balaban J connectivity index is 2.10.